The fourth-order valence-corrected chi connectivity index (χ4v) is 4.63. The zero-order chi connectivity index (χ0) is 19.5. The molecule has 0 unspecified atom stereocenters. The van der Waals surface area contributed by atoms with E-state index in [1.165, 1.54) is 28.8 Å². The van der Waals surface area contributed by atoms with E-state index in [1.54, 1.807) is 0 Å². The number of rotatable bonds is 7. The molecule has 3 aromatic heterocycles. The summed E-state index contributed by atoms with van der Waals surface area (Å²) in [6.07, 6.45) is 2.73. The van der Waals surface area contributed by atoms with Gasteiger partial charge < -0.3 is 14.5 Å². The van der Waals surface area contributed by atoms with Crippen LogP contribution < -0.4 is 5.32 Å². The van der Waals surface area contributed by atoms with E-state index in [4.69, 9.17) is 0 Å². The molecule has 0 aliphatic rings. The van der Waals surface area contributed by atoms with Crippen molar-refractivity contribution in [1.82, 2.24) is 24.3 Å². The van der Waals surface area contributed by atoms with Crippen molar-refractivity contribution in [1.29, 1.82) is 0 Å². The van der Waals surface area contributed by atoms with Gasteiger partial charge in [0.25, 0.3) is 0 Å². The van der Waals surface area contributed by atoms with Crippen molar-refractivity contribution in [2.75, 3.05) is 11.1 Å². The number of thiazole rings is 1. The zero-order valence-corrected chi connectivity index (χ0v) is 17.3. The van der Waals surface area contributed by atoms with Gasteiger partial charge in [0.15, 0.2) is 10.3 Å². The number of carbonyl (C=O) groups is 1. The molecule has 3 heterocycles. The number of nitrogens with zero attached hydrogens (tertiary/aromatic N) is 5. The van der Waals surface area contributed by atoms with Gasteiger partial charge in [-0.2, -0.15) is 0 Å². The molecule has 0 saturated carbocycles. The molecule has 0 bridgehead atoms. The number of benzene rings is 1. The summed E-state index contributed by atoms with van der Waals surface area (Å²) in [6.45, 7) is 2.82. The number of para-hydroxylation sites is 1. The number of amides is 1. The minimum absolute atomic E-state index is 0.0984. The van der Waals surface area contributed by atoms with Crippen LogP contribution in [0.1, 0.15) is 18.4 Å². The molecule has 0 fully saturated rings. The van der Waals surface area contributed by atoms with Gasteiger partial charge in [0.1, 0.15) is 5.82 Å². The first-order valence-electron chi connectivity index (χ1n) is 8.94. The van der Waals surface area contributed by atoms with Crippen molar-refractivity contribution in [3.05, 3.63) is 54.1 Å². The van der Waals surface area contributed by atoms with Crippen LogP contribution in [0.3, 0.4) is 0 Å². The smallest absolute Gasteiger partial charge is 0.236 e. The Labute approximate surface area is 170 Å². The lowest BCUT2D eigenvalue weighted by Gasteiger charge is -2.08. The molecule has 0 aliphatic carbocycles. The summed E-state index contributed by atoms with van der Waals surface area (Å²) in [6, 6.07) is 11.9. The summed E-state index contributed by atoms with van der Waals surface area (Å²) in [7, 11) is 2.02. The van der Waals surface area contributed by atoms with Crippen LogP contribution >= 0.6 is 23.1 Å². The van der Waals surface area contributed by atoms with Crippen molar-refractivity contribution < 1.29 is 4.79 Å². The summed E-state index contributed by atoms with van der Waals surface area (Å²) in [5.74, 6) is 1.06. The van der Waals surface area contributed by atoms with Crippen molar-refractivity contribution in [3.8, 4) is 0 Å². The van der Waals surface area contributed by atoms with E-state index in [1.807, 2.05) is 43.6 Å². The van der Waals surface area contributed by atoms with E-state index in [9.17, 15) is 4.79 Å². The summed E-state index contributed by atoms with van der Waals surface area (Å²) < 4.78 is 5.19. The maximum Gasteiger partial charge on any atom is 0.236 e. The summed E-state index contributed by atoms with van der Waals surface area (Å²) in [4.78, 5) is 16.8. The summed E-state index contributed by atoms with van der Waals surface area (Å²) in [5, 5.41) is 12.9. The van der Waals surface area contributed by atoms with Gasteiger partial charge in [-0.3, -0.25) is 4.79 Å². The predicted octanol–water partition coefficient (Wildman–Crippen LogP) is 3.57. The molecule has 28 heavy (non-hydrogen) atoms. The van der Waals surface area contributed by atoms with Gasteiger partial charge in [0.05, 0.1) is 16.0 Å². The first-order valence-corrected chi connectivity index (χ1v) is 10.7. The third kappa shape index (κ3) is 3.95. The van der Waals surface area contributed by atoms with Crippen molar-refractivity contribution in [2.24, 2.45) is 7.05 Å². The second kappa shape index (κ2) is 8.15. The topological polar surface area (TPSA) is 77.6 Å². The van der Waals surface area contributed by atoms with Crippen LogP contribution in [0, 0.1) is 0 Å². The number of hydrogen-bond donors (Lipinski definition) is 1. The average Bonchev–Trinajstić information content (AvgIpc) is 3.38. The normalized spacial score (nSPS) is 11.2. The number of nitrogens with one attached hydrogen (secondary N) is 1. The SMILES string of the molecule is CCn1c(Cc2cccn2C)nnc1SCC(=O)Nc1nc2ccccc2s1. The summed E-state index contributed by atoms with van der Waals surface area (Å²) in [5.41, 5.74) is 2.07. The van der Waals surface area contributed by atoms with Crippen LogP contribution in [-0.4, -0.2) is 36.0 Å². The number of aryl methyl sites for hydroxylation is 1. The molecule has 1 aromatic carbocycles. The number of carbonyl (C=O) groups excluding carboxylic acids is 1. The van der Waals surface area contributed by atoms with Crippen LogP contribution in [0.5, 0.6) is 0 Å². The zero-order valence-electron chi connectivity index (χ0n) is 15.6. The largest absolute Gasteiger partial charge is 0.354 e. The van der Waals surface area contributed by atoms with Crippen LogP contribution in [-0.2, 0) is 24.8 Å². The van der Waals surface area contributed by atoms with Crippen molar-refractivity contribution in [2.45, 2.75) is 25.0 Å². The molecule has 0 radical (unpaired) electrons. The molecule has 4 rings (SSSR count). The Morgan fingerprint density at radius 1 is 1.21 bits per heavy atom. The molecule has 7 nitrogen and oxygen atoms in total. The third-order valence-corrected chi connectivity index (χ3v) is 6.29. The lowest BCUT2D eigenvalue weighted by molar-refractivity contribution is -0.113. The molecular weight excluding hydrogens is 392 g/mol. The van der Waals surface area contributed by atoms with Crippen LogP contribution in [0.2, 0.25) is 0 Å². The highest BCUT2D eigenvalue weighted by Crippen LogP contribution is 2.26. The Balaban J connectivity index is 1.40. The number of thioether (sulfide) groups is 1. The molecule has 0 spiro atoms. The lowest BCUT2D eigenvalue weighted by atomic mass is 10.3. The minimum Gasteiger partial charge on any atom is -0.354 e. The van der Waals surface area contributed by atoms with Crippen molar-refractivity contribution in [3.63, 3.8) is 0 Å². The Kier molecular flexibility index (Phi) is 5.45. The monoisotopic (exact) mass is 412 g/mol. The number of fused-ring (bicyclic) bond motifs is 1. The second-order valence-corrected chi connectivity index (χ2v) is 8.23. The van der Waals surface area contributed by atoms with Gasteiger partial charge in [-0.05, 0) is 31.2 Å². The molecule has 0 saturated heterocycles. The van der Waals surface area contributed by atoms with Gasteiger partial charge in [-0.25, -0.2) is 4.98 Å². The minimum atomic E-state index is -0.0984. The quantitative estimate of drug-likeness (QED) is 0.470. The highest BCUT2D eigenvalue weighted by molar-refractivity contribution is 7.99. The Hall–Kier alpha value is -2.65. The fourth-order valence-electron chi connectivity index (χ4n) is 2.93. The van der Waals surface area contributed by atoms with E-state index in [2.05, 4.69) is 42.6 Å². The Bertz CT molecular complexity index is 1080. The lowest BCUT2D eigenvalue weighted by Crippen LogP contribution is -2.14. The first kappa shape index (κ1) is 18.7. The standard InChI is InChI=1S/C19H20N6OS2/c1-3-25-16(11-13-7-6-10-24(13)2)22-23-19(25)27-12-17(26)21-18-20-14-8-4-5-9-15(14)28-18/h4-10H,3,11-12H2,1-2H3,(H,20,21,26). The molecule has 4 aromatic rings. The highest BCUT2D eigenvalue weighted by atomic mass is 32.2. The third-order valence-electron chi connectivity index (χ3n) is 4.37. The first-order chi connectivity index (χ1) is 13.6. The van der Waals surface area contributed by atoms with Crippen LogP contribution in [0.15, 0.2) is 47.8 Å². The number of hydrogen-bond acceptors (Lipinski definition) is 6. The maximum absolute atomic E-state index is 12.3. The molecule has 0 atom stereocenters. The van der Waals surface area contributed by atoms with E-state index < -0.39 is 0 Å². The molecular formula is C19H20N6OS2. The maximum atomic E-state index is 12.3. The Morgan fingerprint density at radius 3 is 2.82 bits per heavy atom. The summed E-state index contributed by atoms with van der Waals surface area (Å²) >= 11 is 2.87. The number of aromatic nitrogens is 5. The second-order valence-electron chi connectivity index (χ2n) is 6.25. The molecule has 0 aliphatic heterocycles. The van der Waals surface area contributed by atoms with Gasteiger partial charge >= 0.3 is 0 Å². The van der Waals surface area contributed by atoms with Gasteiger partial charge in [0, 0.05) is 31.9 Å². The van der Waals surface area contributed by atoms with E-state index >= 15 is 0 Å². The fraction of sp³-hybridized carbons (Fsp3) is 0.263. The average molecular weight is 413 g/mol. The number of anilines is 1. The predicted molar refractivity (Wildman–Crippen MR) is 113 cm³/mol. The van der Waals surface area contributed by atoms with E-state index in [0.29, 0.717) is 11.6 Å². The van der Waals surface area contributed by atoms with Gasteiger partial charge in [0.2, 0.25) is 5.91 Å². The van der Waals surface area contributed by atoms with Crippen LogP contribution in [0.25, 0.3) is 10.2 Å². The van der Waals surface area contributed by atoms with E-state index in [-0.39, 0.29) is 11.7 Å². The van der Waals surface area contributed by atoms with Crippen molar-refractivity contribution >= 4 is 44.4 Å². The molecule has 144 valence electrons. The molecule has 1 amide bonds. The van der Waals surface area contributed by atoms with Gasteiger partial charge in [-0.1, -0.05) is 35.2 Å². The van der Waals surface area contributed by atoms with Gasteiger partial charge in [-0.15, -0.1) is 10.2 Å². The van der Waals surface area contributed by atoms with E-state index in [0.717, 1.165) is 27.7 Å². The Morgan fingerprint density at radius 2 is 2.07 bits per heavy atom. The molecule has 1 N–H and O–H groups in total. The molecule has 9 heteroatoms. The van der Waals surface area contributed by atoms with Crippen LogP contribution in [0.4, 0.5) is 5.13 Å². The highest BCUT2D eigenvalue weighted by Gasteiger charge is 2.15.